The number of aliphatic carboxylic acids is 1. The summed E-state index contributed by atoms with van der Waals surface area (Å²) < 4.78 is 12.9. The van der Waals surface area contributed by atoms with Gasteiger partial charge in [0.1, 0.15) is 6.17 Å². The molecule has 0 saturated heterocycles. The Balaban J connectivity index is 2.89. The Morgan fingerprint density at radius 1 is 1.50 bits per heavy atom. The van der Waals surface area contributed by atoms with Crippen LogP contribution in [0, 0.1) is 0 Å². The zero-order valence-electron chi connectivity index (χ0n) is 9.19. The van der Waals surface area contributed by atoms with Gasteiger partial charge in [0.25, 0.3) is 0 Å². The Hall–Kier alpha value is -1.42. The molecule has 0 radical (unpaired) electrons. The number of carboxylic acid groups (broad SMARTS) is 1. The molecule has 3 N–H and O–H groups in total. The lowest BCUT2D eigenvalue weighted by molar-refractivity contribution is -0.137. The van der Waals surface area contributed by atoms with Crippen molar-refractivity contribution < 1.29 is 14.3 Å². The molecule has 0 aliphatic rings. The van der Waals surface area contributed by atoms with Gasteiger partial charge in [0.15, 0.2) is 0 Å². The molecule has 88 valence electrons. The molecule has 0 aliphatic heterocycles. The van der Waals surface area contributed by atoms with Crippen molar-refractivity contribution in [1.82, 2.24) is 0 Å². The molecule has 1 rings (SSSR count). The van der Waals surface area contributed by atoms with Gasteiger partial charge in [-0.1, -0.05) is 24.3 Å². The van der Waals surface area contributed by atoms with E-state index in [1.165, 1.54) is 6.92 Å². The smallest absolute Gasteiger partial charge is 0.305 e. The van der Waals surface area contributed by atoms with Gasteiger partial charge < -0.3 is 10.8 Å². The highest BCUT2D eigenvalue weighted by Crippen LogP contribution is 2.20. The van der Waals surface area contributed by atoms with Gasteiger partial charge >= 0.3 is 5.97 Å². The van der Waals surface area contributed by atoms with Crippen LogP contribution in [0.1, 0.15) is 30.5 Å². The fraction of sp³-hybridized carbons (Fsp3) is 0.417. The number of rotatable bonds is 5. The second-order valence-electron chi connectivity index (χ2n) is 3.89. The molecule has 1 aromatic rings. The van der Waals surface area contributed by atoms with E-state index in [9.17, 15) is 9.18 Å². The molecule has 0 heterocycles. The maximum atomic E-state index is 12.9. The normalized spacial score (nSPS) is 14.4. The second-order valence-corrected chi connectivity index (χ2v) is 3.89. The summed E-state index contributed by atoms with van der Waals surface area (Å²) >= 11 is 0. The quantitative estimate of drug-likeness (QED) is 0.806. The molecule has 16 heavy (non-hydrogen) atoms. The average Bonchev–Trinajstić information content (AvgIpc) is 2.16. The number of carboxylic acids is 1. The Morgan fingerprint density at radius 3 is 2.69 bits per heavy atom. The molecule has 0 amide bonds. The molecule has 0 bridgehead atoms. The Morgan fingerprint density at radius 2 is 2.12 bits per heavy atom. The average molecular weight is 225 g/mol. The Labute approximate surface area is 94.1 Å². The van der Waals surface area contributed by atoms with Crippen LogP contribution in [-0.2, 0) is 11.2 Å². The molecule has 0 aromatic heterocycles. The number of carbonyl (C=O) groups is 1. The summed E-state index contributed by atoms with van der Waals surface area (Å²) in [5.41, 5.74) is 7.27. The van der Waals surface area contributed by atoms with Gasteiger partial charge in [0.05, 0.1) is 6.42 Å². The number of hydrogen-bond donors (Lipinski definition) is 2. The lowest BCUT2D eigenvalue weighted by Gasteiger charge is -2.15. The van der Waals surface area contributed by atoms with Crippen LogP contribution in [0.25, 0.3) is 0 Å². The van der Waals surface area contributed by atoms with Crippen molar-refractivity contribution in [2.45, 2.75) is 32.0 Å². The number of benzene rings is 1. The molecule has 2 unspecified atom stereocenters. The predicted molar refractivity (Wildman–Crippen MR) is 59.9 cm³/mol. The van der Waals surface area contributed by atoms with Crippen LogP contribution in [-0.4, -0.2) is 17.2 Å². The molecule has 2 atom stereocenters. The van der Waals surface area contributed by atoms with Crippen molar-refractivity contribution in [3.05, 3.63) is 35.4 Å². The van der Waals surface area contributed by atoms with E-state index in [0.717, 1.165) is 11.1 Å². The van der Waals surface area contributed by atoms with Gasteiger partial charge in [0, 0.05) is 12.5 Å². The van der Waals surface area contributed by atoms with Crippen LogP contribution >= 0.6 is 0 Å². The van der Waals surface area contributed by atoms with E-state index in [4.69, 9.17) is 10.8 Å². The van der Waals surface area contributed by atoms with E-state index >= 15 is 0 Å². The molecule has 1 aromatic carbocycles. The van der Waals surface area contributed by atoms with E-state index in [1.807, 2.05) is 0 Å². The molecule has 4 heteroatoms. The van der Waals surface area contributed by atoms with E-state index in [1.54, 1.807) is 24.3 Å². The number of alkyl halides is 1. The zero-order chi connectivity index (χ0) is 12.1. The Kier molecular flexibility index (Phi) is 4.43. The van der Waals surface area contributed by atoms with Gasteiger partial charge in [0.2, 0.25) is 0 Å². The maximum absolute atomic E-state index is 12.9. The minimum absolute atomic E-state index is 0.141. The van der Waals surface area contributed by atoms with Gasteiger partial charge in [-0.25, -0.2) is 4.39 Å². The van der Waals surface area contributed by atoms with Crippen LogP contribution < -0.4 is 5.73 Å². The van der Waals surface area contributed by atoms with Crippen LogP contribution in [0.4, 0.5) is 4.39 Å². The van der Waals surface area contributed by atoms with Crippen molar-refractivity contribution in [3.63, 3.8) is 0 Å². The van der Waals surface area contributed by atoms with Crippen LogP contribution in [0.3, 0.4) is 0 Å². The standard InChI is InChI=1S/C12H16FNO2/c1-8(13)6-9-4-2-3-5-10(9)11(14)7-12(15)16/h2-5,8,11H,6-7,14H2,1H3,(H,15,16). The van der Waals surface area contributed by atoms with Crippen LogP contribution in [0.2, 0.25) is 0 Å². The molecule has 3 nitrogen and oxygen atoms in total. The van der Waals surface area contributed by atoms with Crippen LogP contribution in [0.15, 0.2) is 24.3 Å². The summed E-state index contributed by atoms with van der Waals surface area (Å²) in [6.07, 6.45) is -0.834. The van der Waals surface area contributed by atoms with Crippen molar-refractivity contribution in [2.24, 2.45) is 5.73 Å². The van der Waals surface area contributed by atoms with E-state index < -0.39 is 18.2 Å². The molecule has 0 saturated carbocycles. The van der Waals surface area contributed by atoms with Crippen molar-refractivity contribution in [1.29, 1.82) is 0 Å². The largest absolute Gasteiger partial charge is 0.481 e. The molecule has 0 aliphatic carbocycles. The minimum atomic E-state index is -0.960. The topological polar surface area (TPSA) is 63.3 Å². The molecular weight excluding hydrogens is 209 g/mol. The third kappa shape index (κ3) is 3.62. The summed E-state index contributed by atoms with van der Waals surface area (Å²) in [6.45, 7) is 1.47. The lowest BCUT2D eigenvalue weighted by atomic mass is 9.95. The third-order valence-corrected chi connectivity index (χ3v) is 2.35. The van der Waals surface area contributed by atoms with Crippen molar-refractivity contribution in [2.75, 3.05) is 0 Å². The van der Waals surface area contributed by atoms with Gasteiger partial charge in [-0.15, -0.1) is 0 Å². The summed E-state index contributed by atoms with van der Waals surface area (Å²) in [7, 11) is 0. The van der Waals surface area contributed by atoms with Crippen LogP contribution in [0.5, 0.6) is 0 Å². The van der Waals surface area contributed by atoms with E-state index in [0.29, 0.717) is 0 Å². The first-order valence-corrected chi connectivity index (χ1v) is 5.20. The van der Waals surface area contributed by atoms with Gasteiger partial charge in [-0.3, -0.25) is 4.79 Å². The first-order chi connectivity index (χ1) is 7.50. The number of hydrogen-bond acceptors (Lipinski definition) is 2. The first-order valence-electron chi connectivity index (χ1n) is 5.20. The highest BCUT2D eigenvalue weighted by atomic mass is 19.1. The van der Waals surface area contributed by atoms with Crippen molar-refractivity contribution in [3.8, 4) is 0 Å². The number of nitrogens with two attached hydrogens (primary N) is 1. The number of halogens is 1. The molecule has 0 fully saturated rings. The highest BCUT2D eigenvalue weighted by molar-refractivity contribution is 5.68. The van der Waals surface area contributed by atoms with E-state index in [2.05, 4.69) is 0 Å². The highest BCUT2D eigenvalue weighted by Gasteiger charge is 2.15. The van der Waals surface area contributed by atoms with E-state index in [-0.39, 0.29) is 12.8 Å². The zero-order valence-corrected chi connectivity index (χ0v) is 9.19. The monoisotopic (exact) mass is 225 g/mol. The minimum Gasteiger partial charge on any atom is -0.481 e. The SMILES string of the molecule is CC(F)Cc1ccccc1C(N)CC(=O)O. The van der Waals surface area contributed by atoms with Crippen molar-refractivity contribution >= 4 is 5.97 Å². The van der Waals surface area contributed by atoms with Gasteiger partial charge in [-0.05, 0) is 18.1 Å². The summed E-state index contributed by atoms with van der Waals surface area (Å²) in [5, 5.41) is 8.66. The summed E-state index contributed by atoms with van der Waals surface area (Å²) in [5.74, 6) is -0.949. The maximum Gasteiger partial charge on any atom is 0.305 e. The molecule has 0 spiro atoms. The van der Waals surface area contributed by atoms with Gasteiger partial charge in [-0.2, -0.15) is 0 Å². The lowest BCUT2D eigenvalue weighted by Crippen LogP contribution is -2.17. The Bertz CT molecular complexity index is 366. The fourth-order valence-electron chi connectivity index (χ4n) is 1.68. The predicted octanol–water partition coefficient (Wildman–Crippen LogP) is 2.06. The first kappa shape index (κ1) is 12.6. The fourth-order valence-corrected chi connectivity index (χ4v) is 1.68. The molecular formula is C12H16FNO2. The second kappa shape index (κ2) is 5.61. The summed E-state index contributed by atoms with van der Waals surface area (Å²) in [4.78, 5) is 10.6. The summed E-state index contributed by atoms with van der Waals surface area (Å²) in [6, 6.07) is 6.55. The third-order valence-electron chi connectivity index (χ3n) is 2.35.